The van der Waals surface area contributed by atoms with Crippen molar-refractivity contribution in [3.63, 3.8) is 0 Å². The van der Waals surface area contributed by atoms with Gasteiger partial charge in [-0.2, -0.15) is 5.10 Å². The minimum absolute atomic E-state index is 0.110. The summed E-state index contributed by atoms with van der Waals surface area (Å²) < 4.78 is 12.7. The van der Waals surface area contributed by atoms with Crippen LogP contribution in [0.4, 0.5) is 0 Å². The van der Waals surface area contributed by atoms with Gasteiger partial charge in [0.25, 0.3) is 0 Å². The zero-order valence-electron chi connectivity index (χ0n) is 10.8. The van der Waals surface area contributed by atoms with Crippen molar-refractivity contribution < 1.29 is 14.6 Å². The molecule has 1 aliphatic heterocycles. The van der Waals surface area contributed by atoms with Crippen molar-refractivity contribution in [2.75, 3.05) is 33.5 Å². The lowest BCUT2D eigenvalue weighted by Crippen LogP contribution is -2.42. The van der Waals surface area contributed by atoms with Crippen LogP contribution in [0.15, 0.2) is 12.4 Å². The summed E-state index contributed by atoms with van der Waals surface area (Å²) in [5, 5.41) is 16.3. The quantitative estimate of drug-likeness (QED) is 0.704. The van der Waals surface area contributed by atoms with E-state index in [0.717, 1.165) is 31.7 Å². The van der Waals surface area contributed by atoms with Crippen LogP contribution in [0.5, 0.6) is 0 Å². The molecule has 0 aliphatic carbocycles. The molecule has 0 saturated carbocycles. The summed E-state index contributed by atoms with van der Waals surface area (Å²) in [4.78, 5) is 0. The van der Waals surface area contributed by atoms with Crippen LogP contribution in [-0.4, -0.2) is 54.0 Å². The maximum Gasteiger partial charge on any atom is 0.106 e. The zero-order chi connectivity index (χ0) is 12.8. The molecule has 1 saturated heterocycles. The Kier molecular flexibility index (Phi) is 4.71. The summed E-state index contributed by atoms with van der Waals surface area (Å²) in [6.45, 7) is 3.59. The van der Waals surface area contributed by atoms with Gasteiger partial charge < -0.3 is 19.9 Å². The van der Waals surface area contributed by atoms with E-state index in [1.54, 1.807) is 11.8 Å². The lowest BCUT2D eigenvalue weighted by molar-refractivity contribution is -0.0159. The Morgan fingerprint density at radius 2 is 2.56 bits per heavy atom. The van der Waals surface area contributed by atoms with E-state index in [9.17, 15) is 0 Å². The summed E-state index contributed by atoms with van der Waals surface area (Å²) in [6.07, 6.45) is 4.68. The average Bonchev–Trinajstić information content (AvgIpc) is 3.00. The van der Waals surface area contributed by atoms with E-state index in [0.29, 0.717) is 13.2 Å². The van der Waals surface area contributed by atoms with Gasteiger partial charge in [0.15, 0.2) is 0 Å². The Morgan fingerprint density at radius 3 is 3.22 bits per heavy atom. The number of nitrogens with one attached hydrogen (secondary N) is 1. The third kappa shape index (κ3) is 3.29. The SMILES string of the molecule is COC1(CNCc2cnn(CCO)c2)CCOC1. The maximum atomic E-state index is 8.81. The first-order valence-corrected chi connectivity index (χ1v) is 6.24. The highest BCUT2D eigenvalue weighted by Crippen LogP contribution is 2.21. The molecule has 1 fully saturated rings. The van der Waals surface area contributed by atoms with Crippen LogP contribution in [-0.2, 0) is 22.6 Å². The largest absolute Gasteiger partial charge is 0.394 e. The molecule has 2 rings (SSSR count). The van der Waals surface area contributed by atoms with Gasteiger partial charge in [-0.3, -0.25) is 4.68 Å². The van der Waals surface area contributed by atoms with Crippen molar-refractivity contribution in [3.05, 3.63) is 18.0 Å². The molecular formula is C12H21N3O3. The van der Waals surface area contributed by atoms with Gasteiger partial charge in [0.2, 0.25) is 0 Å². The van der Waals surface area contributed by atoms with Gasteiger partial charge in [0, 0.05) is 45.0 Å². The number of hydrogen-bond acceptors (Lipinski definition) is 5. The van der Waals surface area contributed by atoms with Crippen LogP contribution in [0.1, 0.15) is 12.0 Å². The van der Waals surface area contributed by atoms with E-state index in [1.165, 1.54) is 0 Å². The number of rotatable bonds is 7. The second-order valence-electron chi connectivity index (χ2n) is 4.63. The molecule has 0 radical (unpaired) electrons. The van der Waals surface area contributed by atoms with Gasteiger partial charge in [-0.1, -0.05) is 0 Å². The van der Waals surface area contributed by atoms with Crippen molar-refractivity contribution in [2.45, 2.75) is 25.1 Å². The Morgan fingerprint density at radius 1 is 1.67 bits per heavy atom. The van der Waals surface area contributed by atoms with Gasteiger partial charge in [-0.15, -0.1) is 0 Å². The number of aliphatic hydroxyl groups is 1. The number of aromatic nitrogens is 2. The molecule has 1 atom stereocenters. The van der Waals surface area contributed by atoms with Crippen molar-refractivity contribution in [2.24, 2.45) is 0 Å². The van der Waals surface area contributed by atoms with Crippen LogP contribution >= 0.6 is 0 Å². The number of ether oxygens (including phenoxy) is 2. The molecule has 18 heavy (non-hydrogen) atoms. The fourth-order valence-electron chi connectivity index (χ4n) is 2.12. The Labute approximate surface area is 107 Å². The minimum Gasteiger partial charge on any atom is -0.394 e. The molecular weight excluding hydrogens is 234 g/mol. The number of aliphatic hydroxyl groups excluding tert-OH is 1. The minimum atomic E-state index is -0.179. The zero-order valence-corrected chi connectivity index (χ0v) is 10.8. The van der Waals surface area contributed by atoms with Crippen molar-refractivity contribution in [3.8, 4) is 0 Å². The van der Waals surface area contributed by atoms with Crippen LogP contribution in [0.3, 0.4) is 0 Å². The summed E-state index contributed by atoms with van der Waals surface area (Å²) >= 11 is 0. The van der Waals surface area contributed by atoms with Crippen LogP contribution < -0.4 is 5.32 Å². The summed E-state index contributed by atoms with van der Waals surface area (Å²) in [7, 11) is 1.73. The topological polar surface area (TPSA) is 68.5 Å². The van der Waals surface area contributed by atoms with Gasteiger partial charge in [-0.05, 0) is 0 Å². The first-order chi connectivity index (χ1) is 8.78. The maximum absolute atomic E-state index is 8.81. The monoisotopic (exact) mass is 255 g/mol. The van der Waals surface area contributed by atoms with E-state index in [4.69, 9.17) is 14.6 Å². The lowest BCUT2D eigenvalue weighted by Gasteiger charge is -2.25. The molecule has 6 heteroatoms. The third-order valence-electron chi connectivity index (χ3n) is 3.29. The number of nitrogens with zero attached hydrogens (tertiary/aromatic N) is 2. The van der Waals surface area contributed by atoms with E-state index in [2.05, 4.69) is 10.4 Å². The summed E-state index contributed by atoms with van der Waals surface area (Å²) in [5.41, 5.74) is 0.926. The molecule has 0 spiro atoms. The standard InChI is InChI=1S/C12H21N3O3/c1-17-12(2-5-18-10-12)9-13-6-11-7-14-15(8-11)3-4-16/h7-8,13,16H,2-6,9-10H2,1H3. The summed E-state index contributed by atoms with van der Waals surface area (Å²) in [6, 6.07) is 0. The smallest absolute Gasteiger partial charge is 0.106 e. The second-order valence-corrected chi connectivity index (χ2v) is 4.63. The molecule has 102 valence electrons. The summed E-state index contributed by atoms with van der Waals surface area (Å²) in [5.74, 6) is 0. The molecule has 1 aromatic heterocycles. The highest BCUT2D eigenvalue weighted by molar-refractivity contribution is 5.03. The molecule has 1 aliphatic rings. The number of hydrogen-bond donors (Lipinski definition) is 2. The predicted molar refractivity (Wildman–Crippen MR) is 66.2 cm³/mol. The van der Waals surface area contributed by atoms with Gasteiger partial charge in [0.1, 0.15) is 5.60 Å². The Hall–Kier alpha value is -0.950. The fraction of sp³-hybridized carbons (Fsp3) is 0.750. The Bertz CT molecular complexity index is 361. The van der Waals surface area contributed by atoms with Gasteiger partial charge >= 0.3 is 0 Å². The normalized spacial score (nSPS) is 23.7. The molecule has 0 aromatic carbocycles. The Balaban J connectivity index is 1.76. The van der Waals surface area contributed by atoms with Crippen molar-refractivity contribution >= 4 is 0 Å². The van der Waals surface area contributed by atoms with Crippen molar-refractivity contribution in [1.29, 1.82) is 0 Å². The average molecular weight is 255 g/mol. The van der Waals surface area contributed by atoms with Crippen molar-refractivity contribution in [1.82, 2.24) is 15.1 Å². The fourth-order valence-corrected chi connectivity index (χ4v) is 2.12. The molecule has 0 amide bonds. The lowest BCUT2D eigenvalue weighted by atomic mass is 10.0. The highest BCUT2D eigenvalue weighted by atomic mass is 16.5. The molecule has 1 unspecified atom stereocenters. The molecule has 2 heterocycles. The molecule has 1 aromatic rings. The van der Waals surface area contributed by atoms with E-state index in [-0.39, 0.29) is 12.2 Å². The van der Waals surface area contributed by atoms with Crippen LogP contribution in [0.2, 0.25) is 0 Å². The van der Waals surface area contributed by atoms with E-state index in [1.807, 2.05) is 12.4 Å². The molecule has 0 bridgehead atoms. The first-order valence-electron chi connectivity index (χ1n) is 6.24. The van der Waals surface area contributed by atoms with Gasteiger partial charge in [-0.25, -0.2) is 0 Å². The second kappa shape index (κ2) is 6.29. The van der Waals surface area contributed by atoms with Gasteiger partial charge in [0.05, 0.1) is 26.0 Å². The van der Waals surface area contributed by atoms with Crippen LogP contribution in [0, 0.1) is 0 Å². The van der Waals surface area contributed by atoms with E-state index >= 15 is 0 Å². The highest BCUT2D eigenvalue weighted by Gasteiger charge is 2.34. The molecule has 2 N–H and O–H groups in total. The predicted octanol–water partition coefficient (Wildman–Crippen LogP) is -0.229. The third-order valence-corrected chi connectivity index (χ3v) is 3.29. The van der Waals surface area contributed by atoms with Crippen LogP contribution in [0.25, 0.3) is 0 Å². The number of methoxy groups -OCH3 is 1. The molecule has 6 nitrogen and oxygen atoms in total. The van der Waals surface area contributed by atoms with E-state index < -0.39 is 0 Å². The first kappa shape index (κ1) is 13.5.